The second-order valence-electron chi connectivity index (χ2n) is 7.17. The molecular weight excluding hydrogens is 391 g/mol. The maximum atomic E-state index is 14.6. The fraction of sp³-hybridized carbons (Fsp3) is 0.318. The van der Waals surface area contributed by atoms with Gasteiger partial charge in [-0.2, -0.15) is 0 Å². The molecule has 1 aliphatic heterocycles. The zero-order valence-electron chi connectivity index (χ0n) is 16.3. The van der Waals surface area contributed by atoms with Crippen molar-refractivity contribution in [3.05, 3.63) is 58.7 Å². The molecule has 7 heteroatoms. The molecule has 0 spiro atoms. The molecular formula is C22H24FN2O3S+. The Morgan fingerprint density at radius 2 is 1.93 bits per heavy atom. The number of halogens is 1. The van der Waals surface area contributed by atoms with Gasteiger partial charge in [0.2, 0.25) is 0 Å². The Kier molecular flexibility index (Phi) is 5.69. The summed E-state index contributed by atoms with van der Waals surface area (Å²) in [6, 6.07) is 12.2. The van der Waals surface area contributed by atoms with Crippen LogP contribution in [0.3, 0.4) is 0 Å². The van der Waals surface area contributed by atoms with E-state index in [1.54, 1.807) is 25.1 Å². The summed E-state index contributed by atoms with van der Waals surface area (Å²) in [6.07, 6.45) is 0. The lowest BCUT2D eigenvalue weighted by Crippen LogP contribution is -3.13. The van der Waals surface area contributed by atoms with Crippen molar-refractivity contribution in [1.29, 1.82) is 0 Å². The van der Waals surface area contributed by atoms with E-state index < -0.39 is 0 Å². The van der Waals surface area contributed by atoms with Gasteiger partial charge in [0.25, 0.3) is 0 Å². The van der Waals surface area contributed by atoms with E-state index in [4.69, 9.17) is 4.74 Å². The van der Waals surface area contributed by atoms with Crippen LogP contribution in [-0.2, 0) is 11.3 Å². The third-order valence-corrected chi connectivity index (χ3v) is 6.51. The molecule has 0 saturated carbocycles. The summed E-state index contributed by atoms with van der Waals surface area (Å²) in [6.45, 7) is 6.16. The van der Waals surface area contributed by atoms with Gasteiger partial charge in [0.05, 0.1) is 32.8 Å². The normalized spacial score (nSPS) is 15.0. The van der Waals surface area contributed by atoms with Crippen molar-refractivity contribution in [1.82, 2.24) is 0 Å². The quantitative estimate of drug-likeness (QED) is 0.630. The van der Waals surface area contributed by atoms with Crippen LogP contribution in [0.5, 0.6) is 5.75 Å². The number of nitrogens with one attached hydrogen (secondary N) is 1. The number of anilines is 1. The van der Waals surface area contributed by atoms with Crippen LogP contribution in [0, 0.1) is 5.82 Å². The van der Waals surface area contributed by atoms with Gasteiger partial charge in [-0.3, -0.25) is 0 Å². The summed E-state index contributed by atoms with van der Waals surface area (Å²) >= 11 is 1.31. The number of carbonyl (C=O) groups excluding carboxylic acids is 1. The molecule has 4 rings (SSSR count). The van der Waals surface area contributed by atoms with Crippen LogP contribution < -0.4 is 9.80 Å². The van der Waals surface area contributed by atoms with Gasteiger partial charge in [-0.25, -0.2) is 9.18 Å². The molecule has 2 heterocycles. The third kappa shape index (κ3) is 4.06. The number of fused-ring (bicyclic) bond motifs is 1. The number of quaternary nitrogens is 1. The van der Waals surface area contributed by atoms with Crippen molar-refractivity contribution in [2.24, 2.45) is 0 Å². The molecule has 0 radical (unpaired) electrons. The van der Waals surface area contributed by atoms with Crippen LogP contribution in [0.15, 0.2) is 42.5 Å². The van der Waals surface area contributed by atoms with Crippen LogP contribution in [0.2, 0.25) is 0 Å². The monoisotopic (exact) mass is 415 g/mol. The van der Waals surface area contributed by atoms with Gasteiger partial charge >= 0.3 is 5.97 Å². The molecule has 1 aliphatic rings. The number of esters is 1. The molecule has 3 aromatic rings. The number of nitrogens with zero attached hydrogens (tertiary/aromatic N) is 1. The van der Waals surface area contributed by atoms with E-state index in [2.05, 4.69) is 4.90 Å². The fourth-order valence-corrected chi connectivity index (χ4v) is 5.00. The lowest BCUT2D eigenvalue weighted by Gasteiger charge is -2.33. The van der Waals surface area contributed by atoms with Crippen LogP contribution >= 0.6 is 11.3 Å². The Balaban J connectivity index is 1.54. The number of carbonyl (C=O) groups is 1. The Morgan fingerprint density at radius 3 is 2.62 bits per heavy atom. The summed E-state index contributed by atoms with van der Waals surface area (Å²) in [5.41, 5.74) is 1.84. The van der Waals surface area contributed by atoms with Crippen LogP contribution in [0.4, 0.5) is 10.1 Å². The highest BCUT2D eigenvalue weighted by molar-refractivity contribution is 7.21. The summed E-state index contributed by atoms with van der Waals surface area (Å²) in [7, 11) is 0. The Bertz CT molecular complexity index is 1010. The van der Waals surface area contributed by atoms with Crippen molar-refractivity contribution in [2.75, 3.05) is 37.7 Å². The number of phenolic OH excluding ortho intramolecular Hbond substituents is 1. The van der Waals surface area contributed by atoms with Crippen molar-refractivity contribution < 1.29 is 23.9 Å². The summed E-state index contributed by atoms with van der Waals surface area (Å²) in [5, 5.41) is 10.0. The molecule has 0 atom stereocenters. The average molecular weight is 416 g/mol. The highest BCUT2D eigenvalue weighted by Gasteiger charge is 2.27. The predicted octanol–water partition coefficient (Wildman–Crippen LogP) is 2.83. The van der Waals surface area contributed by atoms with Crippen molar-refractivity contribution in [2.45, 2.75) is 13.5 Å². The van der Waals surface area contributed by atoms with E-state index >= 15 is 0 Å². The zero-order chi connectivity index (χ0) is 20.4. The lowest BCUT2D eigenvalue weighted by atomic mass is 10.1. The highest BCUT2D eigenvalue weighted by Crippen LogP contribution is 2.33. The van der Waals surface area contributed by atoms with Gasteiger partial charge in [0.1, 0.15) is 23.0 Å². The minimum absolute atomic E-state index is 0.260. The Morgan fingerprint density at radius 1 is 1.21 bits per heavy atom. The van der Waals surface area contributed by atoms with E-state index in [0.29, 0.717) is 23.4 Å². The lowest BCUT2D eigenvalue weighted by molar-refractivity contribution is -0.914. The molecule has 2 aromatic carbocycles. The first-order valence-corrected chi connectivity index (χ1v) is 10.6. The van der Waals surface area contributed by atoms with E-state index in [-0.39, 0.29) is 17.5 Å². The number of rotatable bonds is 5. The molecule has 1 aromatic heterocycles. The summed E-state index contributed by atoms with van der Waals surface area (Å²) in [4.78, 5) is 16.6. The third-order valence-electron chi connectivity index (χ3n) is 5.34. The zero-order valence-corrected chi connectivity index (χ0v) is 17.1. The van der Waals surface area contributed by atoms with E-state index in [1.807, 2.05) is 18.2 Å². The molecule has 0 amide bonds. The van der Waals surface area contributed by atoms with Crippen molar-refractivity contribution in [3.63, 3.8) is 0 Å². The largest absolute Gasteiger partial charge is 0.508 e. The molecule has 0 aliphatic carbocycles. The minimum Gasteiger partial charge on any atom is -0.508 e. The second-order valence-corrected chi connectivity index (χ2v) is 8.23. The molecule has 1 saturated heterocycles. The van der Waals surface area contributed by atoms with Gasteiger partial charge in [-0.05, 0) is 43.3 Å². The topological polar surface area (TPSA) is 54.2 Å². The number of ether oxygens (including phenoxy) is 1. The van der Waals surface area contributed by atoms with Crippen LogP contribution in [0.25, 0.3) is 10.1 Å². The Labute approximate surface area is 172 Å². The number of thiophene rings is 1. The molecule has 152 valence electrons. The first kappa shape index (κ1) is 19.7. The summed E-state index contributed by atoms with van der Waals surface area (Å²) < 4.78 is 20.6. The van der Waals surface area contributed by atoms with Gasteiger partial charge in [0, 0.05) is 21.3 Å². The number of piperazine rings is 1. The summed E-state index contributed by atoms with van der Waals surface area (Å²) in [5.74, 6) is -0.396. The van der Waals surface area contributed by atoms with E-state index in [1.165, 1.54) is 22.3 Å². The first-order chi connectivity index (χ1) is 14.1. The maximum absolute atomic E-state index is 14.6. The second kappa shape index (κ2) is 8.39. The molecule has 1 fully saturated rings. The first-order valence-electron chi connectivity index (χ1n) is 9.81. The SMILES string of the molecule is CCOC(=O)c1sc2cccc(F)c2c1C[NH+]1CCN(c2ccc(O)cc2)CC1. The molecule has 0 bridgehead atoms. The number of hydrogen-bond donors (Lipinski definition) is 2. The number of benzene rings is 2. The van der Waals surface area contributed by atoms with E-state index in [9.17, 15) is 14.3 Å². The van der Waals surface area contributed by atoms with Crippen molar-refractivity contribution >= 4 is 33.1 Å². The minimum atomic E-state index is -0.370. The number of phenols is 1. The maximum Gasteiger partial charge on any atom is 0.348 e. The van der Waals surface area contributed by atoms with Crippen LogP contribution in [-0.4, -0.2) is 43.9 Å². The molecule has 0 unspecified atom stereocenters. The van der Waals surface area contributed by atoms with Crippen molar-refractivity contribution in [3.8, 4) is 5.75 Å². The van der Waals surface area contributed by atoms with Gasteiger partial charge < -0.3 is 19.6 Å². The predicted molar refractivity (Wildman–Crippen MR) is 112 cm³/mol. The number of hydrogen-bond acceptors (Lipinski definition) is 5. The highest BCUT2D eigenvalue weighted by atomic mass is 32.1. The van der Waals surface area contributed by atoms with E-state index in [0.717, 1.165) is 42.1 Å². The Hall–Kier alpha value is -2.64. The molecule has 2 N–H and O–H groups in total. The van der Waals surface area contributed by atoms with Gasteiger partial charge in [-0.15, -0.1) is 11.3 Å². The smallest absolute Gasteiger partial charge is 0.348 e. The molecule has 5 nitrogen and oxygen atoms in total. The van der Waals surface area contributed by atoms with Gasteiger partial charge in [0.15, 0.2) is 0 Å². The average Bonchev–Trinajstić information content (AvgIpc) is 3.09. The fourth-order valence-electron chi connectivity index (χ4n) is 3.87. The standard InChI is InChI=1S/C22H23FN2O3S/c1-2-28-22(27)21-17(20-18(23)4-3-5-19(20)29-21)14-24-10-12-25(13-11-24)15-6-8-16(26)9-7-15/h3-9,26H,2,10-14H2,1H3/p+1. The van der Waals surface area contributed by atoms with Crippen LogP contribution in [0.1, 0.15) is 22.2 Å². The van der Waals surface area contributed by atoms with Gasteiger partial charge in [-0.1, -0.05) is 6.07 Å². The molecule has 29 heavy (non-hydrogen) atoms. The number of aromatic hydroxyl groups is 1.